The number of methoxy groups -OCH3 is 4. The molecule has 0 spiro atoms. The van der Waals surface area contributed by atoms with Gasteiger partial charge in [-0.3, -0.25) is 0 Å². The van der Waals surface area contributed by atoms with Crippen LogP contribution >= 0.6 is 16.8 Å². The highest BCUT2D eigenvalue weighted by atomic mass is 31.2. The number of unbranched alkanes of at least 4 members (excludes halogenated alkanes) is 2. The summed E-state index contributed by atoms with van der Waals surface area (Å²) in [5.74, 6) is 4.94. The van der Waals surface area contributed by atoms with Crippen molar-refractivity contribution in [3.05, 3.63) is 131 Å². The molecule has 1 atom stereocenters. The SMILES string of the molecule is CCCCc1cc(OC)cc(-c2cc(OC)ccc2OP(Oc2cccc(C)c2)Oc2cccc(C)c2)c1Op1oc2ccc(OC)cc2c2cc(OC)cc(CCCC)c2o1. The fourth-order valence-electron chi connectivity index (χ4n) is 7.07. The van der Waals surface area contributed by atoms with Crippen molar-refractivity contribution in [1.29, 1.82) is 0 Å². The second-order valence-electron chi connectivity index (χ2n) is 14.9. The summed E-state index contributed by atoms with van der Waals surface area (Å²) in [6.45, 7) is 8.36. The zero-order chi connectivity index (χ0) is 43.6. The number of aryl methyl sites for hydroxylation is 4. The van der Waals surface area contributed by atoms with E-state index >= 15 is 0 Å². The van der Waals surface area contributed by atoms with E-state index in [1.165, 1.54) is 0 Å². The Hall–Kier alpha value is -5.95. The van der Waals surface area contributed by atoms with Crippen molar-refractivity contribution in [3.8, 4) is 57.1 Å². The first-order chi connectivity index (χ1) is 30.2. The van der Waals surface area contributed by atoms with Crippen molar-refractivity contribution < 1.29 is 45.4 Å². The highest BCUT2D eigenvalue weighted by Crippen LogP contribution is 2.51. The van der Waals surface area contributed by atoms with Crippen LogP contribution in [-0.2, 0) is 12.8 Å². The highest BCUT2D eigenvalue weighted by Gasteiger charge is 2.27. The largest absolute Gasteiger partial charge is 0.530 e. The first kappa shape index (κ1) is 44.1. The van der Waals surface area contributed by atoms with Crippen LogP contribution in [0.5, 0.6) is 46.0 Å². The van der Waals surface area contributed by atoms with Crippen LogP contribution < -0.4 is 37.0 Å². The van der Waals surface area contributed by atoms with Crippen LogP contribution in [0.2, 0.25) is 0 Å². The molecule has 1 aromatic heterocycles. The molecule has 0 aliphatic carbocycles. The number of hydrogen-bond donors (Lipinski definition) is 0. The Kier molecular flexibility index (Phi) is 14.8. The van der Waals surface area contributed by atoms with E-state index < -0.39 is 16.8 Å². The zero-order valence-corrected chi connectivity index (χ0v) is 38.4. The fraction of sp³-hybridized carbons (Fsp3) is 0.280. The van der Waals surface area contributed by atoms with Crippen LogP contribution in [0.4, 0.5) is 0 Å². The molecule has 324 valence electrons. The van der Waals surface area contributed by atoms with Crippen molar-refractivity contribution in [2.45, 2.75) is 66.2 Å². The minimum atomic E-state index is -2.11. The van der Waals surface area contributed by atoms with Crippen LogP contribution in [0, 0.1) is 13.8 Å². The third kappa shape index (κ3) is 10.6. The molecular weight excluding hydrogens is 822 g/mol. The maximum atomic E-state index is 7.13. The molecule has 1 heterocycles. The lowest BCUT2D eigenvalue weighted by molar-refractivity contribution is 0.386. The Balaban J connectivity index is 1.44. The van der Waals surface area contributed by atoms with Crippen LogP contribution in [-0.4, -0.2) is 28.4 Å². The first-order valence-corrected chi connectivity index (χ1v) is 23.0. The Labute approximate surface area is 366 Å². The van der Waals surface area contributed by atoms with Gasteiger partial charge in [0.2, 0.25) is 0 Å². The highest BCUT2D eigenvalue weighted by molar-refractivity contribution is 7.43. The first-order valence-electron chi connectivity index (χ1n) is 20.8. The molecule has 12 heteroatoms. The lowest BCUT2D eigenvalue weighted by Gasteiger charge is -2.22. The molecule has 7 aromatic rings. The molecule has 1 unspecified atom stereocenters. The van der Waals surface area contributed by atoms with Gasteiger partial charge in [0.1, 0.15) is 57.2 Å². The Bertz CT molecular complexity index is 2630. The molecule has 0 aliphatic rings. The normalized spacial score (nSPS) is 11.4. The van der Waals surface area contributed by atoms with E-state index in [1.807, 2.05) is 123 Å². The minimum absolute atomic E-state index is 0.476. The van der Waals surface area contributed by atoms with Gasteiger partial charge in [-0.05, 0) is 147 Å². The third-order valence-electron chi connectivity index (χ3n) is 10.3. The average molecular weight is 877 g/mol. The van der Waals surface area contributed by atoms with Gasteiger partial charge in [0, 0.05) is 21.9 Å². The van der Waals surface area contributed by atoms with Crippen molar-refractivity contribution in [3.63, 3.8) is 0 Å². The summed E-state index contributed by atoms with van der Waals surface area (Å²) in [5.41, 5.74) is 6.61. The quantitative estimate of drug-likeness (QED) is 0.0730. The zero-order valence-electron chi connectivity index (χ0n) is 36.6. The predicted molar refractivity (Wildman–Crippen MR) is 249 cm³/mol. The van der Waals surface area contributed by atoms with Crippen molar-refractivity contribution in [2.24, 2.45) is 0 Å². The van der Waals surface area contributed by atoms with E-state index in [9.17, 15) is 0 Å². The van der Waals surface area contributed by atoms with E-state index in [0.29, 0.717) is 69.0 Å². The number of hydrogen-bond acceptors (Lipinski definition) is 10. The minimum Gasteiger partial charge on any atom is -0.497 e. The average Bonchev–Trinajstić information content (AvgIpc) is 3.43. The predicted octanol–water partition coefficient (Wildman–Crippen LogP) is 14.9. The Morgan fingerprint density at radius 2 is 1.08 bits per heavy atom. The third-order valence-corrected chi connectivity index (χ3v) is 12.4. The molecule has 0 saturated heterocycles. The summed E-state index contributed by atoms with van der Waals surface area (Å²) in [7, 11) is 2.46. The lowest BCUT2D eigenvalue weighted by Crippen LogP contribution is -2.04. The molecule has 6 aromatic carbocycles. The molecular formula is C50H54O10P2. The van der Waals surface area contributed by atoms with E-state index in [4.69, 9.17) is 45.4 Å². The van der Waals surface area contributed by atoms with Gasteiger partial charge in [0.05, 0.1) is 28.4 Å². The molecule has 0 bridgehead atoms. The van der Waals surface area contributed by atoms with Crippen LogP contribution in [0.25, 0.3) is 33.1 Å². The summed E-state index contributed by atoms with van der Waals surface area (Å²) < 4.78 is 63.9. The van der Waals surface area contributed by atoms with Crippen molar-refractivity contribution >= 4 is 38.8 Å². The van der Waals surface area contributed by atoms with Gasteiger partial charge in [0.15, 0.2) is 0 Å². The Morgan fingerprint density at radius 1 is 0.516 bits per heavy atom. The summed E-state index contributed by atoms with van der Waals surface area (Å²) in [6, 6.07) is 34.9. The number of fused-ring (bicyclic) bond motifs is 3. The van der Waals surface area contributed by atoms with Gasteiger partial charge < -0.3 is 45.4 Å². The molecule has 0 amide bonds. The second kappa shape index (κ2) is 20.7. The molecule has 10 nitrogen and oxygen atoms in total. The number of rotatable bonds is 19. The fourth-order valence-corrected chi connectivity index (χ4v) is 9.23. The monoisotopic (exact) mass is 876 g/mol. The molecule has 0 aliphatic heterocycles. The maximum Gasteiger partial charge on any atom is 0.530 e. The van der Waals surface area contributed by atoms with Gasteiger partial charge in [-0.2, -0.15) is 0 Å². The molecule has 7 rings (SSSR count). The Morgan fingerprint density at radius 3 is 1.71 bits per heavy atom. The molecule has 0 N–H and O–H groups in total. The van der Waals surface area contributed by atoms with Gasteiger partial charge >= 0.3 is 16.8 Å². The van der Waals surface area contributed by atoms with Crippen molar-refractivity contribution in [2.75, 3.05) is 28.4 Å². The van der Waals surface area contributed by atoms with E-state index in [1.54, 1.807) is 28.4 Å². The van der Waals surface area contributed by atoms with Gasteiger partial charge in [-0.25, -0.2) is 0 Å². The van der Waals surface area contributed by atoms with E-state index in [-0.39, 0.29) is 0 Å². The molecule has 62 heavy (non-hydrogen) atoms. The maximum absolute atomic E-state index is 7.13. The summed E-state index contributed by atoms with van der Waals surface area (Å²) >= 11 is 0. The summed E-state index contributed by atoms with van der Waals surface area (Å²) in [5, 5.41) is 1.64. The van der Waals surface area contributed by atoms with E-state index in [2.05, 4.69) is 13.8 Å². The van der Waals surface area contributed by atoms with Gasteiger partial charge in [-0.15, -0.1) is 0 Å². The van der Waals surface area contributed by atoms with Crippen LogP contribution in [0.1, 0.15) is 61.8 Å². The van der Waals surface area contributed by atoms with Crippen LogP contribution in [0.15, 0.2) is 118 Å². The smallest absolute Gasteiger partial charge is 0.497 e. The summed E-state index contributed by atoms with van der Waals surface area (Å²) in [4.78, 5) is 0. The molecule has 0 radical (unpaired) electrons. The number of benzene rings is 6. The number of ether oxygens (including phenoxy) is 4. The van der Waals surface area contributed by atoms with E-state index in [0.717, 1.165) is 70.9 Å². The molecule has 0 fully saturated rings. The van der Waals surface area contributed by atoms with Crippen molar-refractivity contribution in [1.82, 2.24) is 0 Å². The van der Waals surface area contributed by atoms with Gasteiger partial charge in [0.25, 0.3) is 0 Å². The van der Waals surface area contributed by atoms with Gasteiger partial charge in [-0.1, -0.05) is 51.0 Å². The molecule has 0 saturated carbocycles. The second-order valence-corrected chi connectivity index (χ2v) is 16.9. The standard InChI is InChI=1S/C50H54O10P2/c1-9-11-17-35-27-41(53-7)31-45(43-29-37(51-5)21-23-47(43)57-61(55-39-19-13-15-33(3)25-39)56-40-20-14-16-34(4)26-40)49(35)59-62-58-48-24-22-38(52-6)30-44(48)46-32-42(54-8)28-36(18-12-10-2)50(46)60-62/h13-16,19-32H,9-12,17-18H2,1-8H3. The summed E-state index contributed by atoms with van der Waals surface area (Å²) in [6.07, 6.45) is 5.30. The van der Waals surface area contributed by atoms with Crippen LogP contribution in [0.3, 0.4) is 0 Å². The topological polar surface area (TPSA) is 100 Å². The lowest BCUT2D eigenvalue weighted by atomic mass is 9.97.